The van der Waals surface area contributed by atoms with E-state index in [-0.39, 0.29) is 0 Å². The molecule has 0 aromatic heterocycles. The third kappa shape index (κ3) is 4.38. The van der Waals surface area contributed by atoms with E-state index in [0.717, 1.165) is 31.6 Å². The van der Waals surface area contributed by atoms with Crippen molar-refractivity contribution >= 4 is 15.9 Å². The van der Waals surface area contributed by atoms with Crippen molar-refractivity contribution in [3.05, 3.63) is 65.7 Å². The highest BCUT2D eigenvalue weighted by atomic mass is 79.9. The van der Waals surface area contributed by atoms with Crippen LogP contribution in [0.1, 0.15) is 35.7 Å². The van der Waals surface area contributed by atoms with Gasteiger partial charge in [0.05, 0.1) is 6.61 Å². The van der Waals surface area contributed by atoms with Crippen molar-refractivity contribution in [2.75, 3.05) is 6.61 Å². The van der Waals surface area contributed by atoms with Crippen LogP contribution in [0.5, 0.6) is 5.75 Å². The van der Waals surface area contributed by atoms with Crippen LogP contribution in [0.2, 0.25) is 0 Å². The largest absolute Gasteiger partial charge is 0.493 e. The SMILES string of the molecule is CCCOc1ccccc1CCC(Br)c1ccccc1. The molecule has 0 heterocycles. The number of rotatable bonds is 7. The second-order valence-electron chi connectivity index (χ2n) is 4.87. The molecule has 2 aromatic carbocycles. The van der Waals surface area contributed by atoms with Gasteiger partial charge in [0.2, 0.25) is 0 Å². The molecule has 0 N–H and O–H groups in total. The Balaban J connectivity index is 1.96. The van der Waals surface area contributed by atoms with Crippen molar-refractivity contribution in [3.63, 3.8) is 0 Å². The second-order valence-corrected chi connectivity index (χ2v) is 5.98. The summed E-state index contributed by atoms with van der Waals surface area (Å²) in [4.78, 5) is 0.392. The zero-order chi connectivity index (χ0) is 14.2. The van der Waals surface area contributed by atoms with Gasteiger partial charge < -0.3 is 4.74 Å². The minimum atomic E-state index is 0.392. The molecule has 0 saturated heterocycles. The van der Waals surface area contributed by atoms with Gasteiger partial charge in [-0.2, -0.15) is 0 Å². The maximum atomic E-state index is 5.81. The zero-order valence-electron chi connectivity index (χ0n) is 11.9. The fourth-order valence-electron chi connectivity index (χ4n) is 2.17. The Morgan fingerprint density at radius 2 is 1.70 bits per heavy atom. The third-order valence-corrected chi connectivity index (χ3v) is 4.25. The normalized spacial score (nSPS) is 12.1. The van der Waals surface area contributed by atoms with E-state index in [9.17, 15) is 0 Å². The van der Waals surface area contributed by atoms with E-state index in [1.165, 1.54) is 11.1 Å². The van der Waals surface area contributed by atoms with Crippen LogP contribution in [0.3, 0.4) is 0 Å². The maximum Gasteiger partial charge on any atom is 0.122 e. The van der Waals surface area contributed by atoms with Crippen LogP contribution in [0.4, 0.5) is 0 Å². The molecule has 20 heavy (non-hydrogen) atoms. The summed E-state index contributed by atoms with van der Waals surface area (Å²) in [6, 6.07) is 18.9. The Hall–Kier alpha value is -1.28. The molecule has 0 aliphatic rings. The summed E-state index contributed by atoms with van der Waals surface area (Å²) in [7, 11) is 0. The molecule has 1 unspecified atom stereocenters. The number of alkyl halides is 1. The molecule has 0 amide bonds. The molecule has 0 spiro atoms. The molecule has 0 aliphatic heterocycles. The monoisotopic (exact) mass is 332 g/mol. The van der Waals surface area contributed by atoms with Crippen LogP contribution in [0.25, 0.3) is 0 Å². The van der Waals surface area contributed by atoms with Gasteiger partial charge in [0.25, 0.3) is 0 Å². The Morgan fingerprint density at radius 3 is 2.45 bits per heavy atom. The van der Waals surface area contributed by atoms with Crippen molar-refractivity contribution in [1.29, 1.82) is 0 Å². The Labute approximate surface area is 130 Å². The minimum absolute atomic E-state index is 0.392. The van der Waals surface area contributed by atoms with Crippen molar-refractivity contribution in [3.8, 4) is 5.75 Å². The molecular weight excluding hydrogens is 312 g/mol. The number of aryl methyl sites for hydroxylation is 1. The highest BCUT2D eigenvalue weighted by molar-refractivity contribution is 9.09. The maximum absolute atomic E-state index is 5.81. The molecule has 1 nitrogen and oxygen atoms in total. The van der Waals surface area contributed by atoms with E-state index in [4.69, 9.17) is 4.74 Å². The summed E-state index contributed by atoms with van der Waals surface area (Å²) in [5, 5.41) is 0. The first-order chi connectivity index (χ1) is 9.81. The Kier molecular flexibility index (Phi) is 6.13. The lowest BCUT2D eigenvalue weighted by Crippen LogP contribution is -2.00. The van der Waals surface area contributed by atoms with Crippen LogP contribution in [0, 0.1) is 0 Å². The summed E-state index contributed by atoms with van der Waals surface area (Å²) in [5.74, 6) is 1.03. The van der Waals surface area contributed by atoms with Gasteiger partial charge in [-0.05, 0) is 36.5 Å². The van der Waals surface area contributed by atoms with Gasteiger partial charge >= 0.3 is 0 Å². The number of para-hydroxylation sites is 1. The molecule has 2 heteroatoms. The molecular formula is C18H21BrO. The first-order valence-electron chi connectivity index (χ1n) is 7.21. The highest BCUT2D eigenvalue weighted by Gasteiger charge is 2.09. The van der Waals surface area contributed by atoms with Gasteiger partial charge in [-0.15, -0.1) is 0 Å². The Bertz CT molecular complexity index is 510. The molecule has 1 atom stereocenters. The standard InChI is InChI=1S/C18H21BrO/c1-2-14-20-18-11-7-6-10-16(18)12-13-17(19)15-8-4-3-5-9-15/h3-11,17H,2,12-14H2,1H3. The number of hydrogen-bond donors (Lipinski definition) is 0. The molecule has 2 rings (SSSR count). The van der Waals surface area contributed by atoms with Crippen molar-refractivity contribution in [2.24, 2.45) is 0 Å². The summed E-state index contributed by atoms with van der Waals surface area (Å²) >= 11 is 3.78. The fourth-order valence-corrected chi connectivity index (χ4v) is 2.71. The van der Waals surface area contributed by atoms with Crippen LogP contribution < -0.4 is 4.74 Å². The summed E-state index contributed by atoms with van der Waals surface area (Å²) in [6.07, 6.45) is 3.13. The van der Waals surface area contributed by atoms with Crippen LogP contribution in [0.15, 0.2) is 54.6 Å². The fraction of sp³-hybridized carbons (Fsp3) is 0.333. The first kappa shape index (κ1) is 15.1. The van der Waals surface area contributed by atoms with Crippen molar-refractivity contribution in [1.82, 2.24) is 0 Å². The summed E-state index contributed by atoms with van der Waals surface area (Å²) in [5.41, 5.74) is 2.63. The summed E-state index contributed by atoms with van der Waals surface area (Å²) in [6.45, 7) is 2.92. The molecule has 0 fully saturated rings. The lowest BCUT2D eigenvalue weighted by molar-refractivity contribution is 0.314. The van der Waals surface area contributed by atoms with Gasteiger partial charge in [0.15, 0.2) is 0 Å². The highest BCUT2D eigenvalue weighted by Crippen LogP contribution is 2.29. The van der Waals surface area contributed by atoms with E-state index >= 15 is 0 Å². The van der Waals surface area contributed by atoms with E-state index in [1.807, 2.05) is 6.07 Å². The molecule has 0 saturated carbocycles. The van der Waals surface area contributed by atoms with Crippen molar-refractivity contribution in [2.45, 2.75) is 31.0 Å². The van der Waals surface area contributed by atoms with Gasteiger partial charge in [0.1, 0.15) is 5.75 Å². The molecule has 0 aliphatic carbocycles. The van der Waals surface area contributed by atoms with E-state index in [0.29, 0.717) is 4.83 Å². The Morgan fingerprint density at radius 1 is 1.00 bits per heavy atom. The predicted molar refractivity (Wildman–Crippen MR) is 88.7 cm³/mol. The van der Waals surface area contributed by atoms with E-state index in [1.54, 1.807) is 0 Å². The van der Waals surface area contributed by atoms with Gasteiger partial charge in [-0.1, -0.05) is 71.4 Å². The molecule has 106 valence electrons. The lowest BCUT2D eigenvalue weighted by Gasteiger charge is -2.13. The van der Waals surface area contributed by atoms with Gasteiger partial charge in [-0.25, -0.2) is 0 Å². The molecule has 0 bridgehead atoms. The minimum Gasteiger partial charge on any atom is -0.493 e. The molecule has 2 aromatic rings. The molecule has 0 radical (unpaired) electrons. The number of hydrogen-bond acceptors (Lipinski definition) is 1. The number of benzene rings is 2. The van der Waals surface area contributed by atoms with Crippen LogP contribution in [-0.2, 0) is 6.42 Å². The number of halogens is 1. The zero-order valence-corrected chi connectivity index (χ0v) is 13.5. The lowest BCUT2D eigenvalue weighted by atomic mass is 10.0. The first-order valence-corrected chi connectivity index (χ1v) is 8.12. The second kappa shape index (κ2) is 8.11. The van der Waals surface area contributed by atoms with Crippen LogP contribution in [-0.4, -0.2) is 6.61 Å². The van der Waals surface area contributed by atoms with E-state index < -0.39 is 0 Å². The topological polar surface area (TPSA) is 9.23 Å². The smallest absolute Gasteiger partial charge is 0.122 e. The average Bonchev–Trinajstić information content (AvgIpc) is 2.52. The van der Waals surface area contributed by atoms with Gasteiger partial charge in [-0.3, -0.25) is 0 Å². The van der Waals surface area contributed by atoms with Crippen LogP contribution >= 0.6 is 15.9 Å². The van der Waals surface area contributed by atoms with Gasteiger partial charge in [0, 0.05) is 4.83 Å². The number of ether oxygens (including phenoxy) is 1. The average molecular weight is 333 g/mol. The predicted octanol–water partition coefficient (Wildman–Crippen LogP) is 5.54. The van der Waals surface area contributed by atoms with Crippen molar-refractivity contribution < 1.29 is 4.74 Å². The van der Waals surface area contributed by atoms with E-state index in [2.05, 4.69) is 71.4 Å². The quantitative estimate of drug-likeness (QED) is 0.604. The summed E-state index contributed by atoms with van der Waals surface area (Å²) < 4.78 is 5.81. The third-order valence-electron chi connectivity index (χ3n) is 3.26.